The van der Waals surface area contributed by atoms with Gasteiger partial charge in [0, 0.05) is 24.1 Å². The van der Waals surface area contributed by atoms with Crippen LogP contribution >= 0.6 is 23.2 Å². The van der Waals surface area contributed by atoms with E-state index in [-0.39, 0.29) is 27.1 Å². The number of hydrogen-bond acceptors (Lipinski definition) is 3. The Morgan fingerprint density at radius 2 is 1.65 bits per heavy atom. The molecule has 3 nitrogen and oxygen atoms in total. The Bertz CT molecular complexity index is 666. The SMILES string of the molecule is CC(=O)Oc1cc(Cl)c(C(=O)c2ccccc2)cc1Cl. The summed E-state index contributed by atoms with van der Waals surface area (Å²) in [6, 6.07) is 11.5. The number of rotatable bonds is 3. The molecule has 0 spiro atoms. The molecule has 20 heavy (non-hydrogen) atoms. The first-order valence-electron chi connectivity index (χ1n) is 5.76. The van der Waals surface area contributed by atoms with Gasteiger partial charge in [-0.05, 0) is 6.07 Å². The summed E-state index contributed by atoms with van der Waals surface area (Å²) < 4.78 is 4.90. The number of hydrogen-bond donors (Lipinski definition) is 0. The van der Waals surface area contributed by atoms with Crippen LogP contribution in [-0.2, 0) is 4.79 Å². The van der Waals surface area contributed by atoms with E-state index < -0.39 is 5.97 Å². The van der Waals surface area contributed by atoms with Crippen molar-refractivity contribution in [2.75, 3.05) is 0 Å². The summed E-state index contributed by atoms with van der Waals surface area (Å²) in [4.78, 5) is 23.2. The second-order valence-electron chi connectivity index (χ2n) is 4.05. The monoisotopic (exact) mass is 308 g/mol. The van der Waals surface area contributed by atoms with Crippen molar-refractivity contribution in [3.8, 4) is 5.75 Å². The molecule has 0 aliphatic rings. The molecule has 0 heterocycles. The van der Waals surface area contributed by atoms with Gasteiger partial charge in [0.05, 0.1) is 10.0 Å². The molecule has 102 valence electrons. The first-order valence-corrected chi connectivity index (χ1v) is 6.52. The summed E-state index contributed by atoms with van der Waals surface area (Å²) >= 11 is 12.0. The van der Waals surface area contributed by atoms with E-state index in [9.17, 15) is 9.59 Å². The van der Waals surface area contributed by atoms with E-state index in [1.807, 2.05) is 6.07 Å². The van der Waals surface area contributed by atoms with Gasteiger partial charge in [-0.15, -0.1) is 0 Å². The molecule has 0 unspecified atom stereocenters. The standard InChI is InChI=1S/C15H10Cl2O3/c1-9(18)20-14-8-12(16)11(7-13(14)17)15(19)10-5-3-2-4-6-10/h2-8H,1H3. The topological polar surface area (TPSA) is 43.4 Å². The lowest BCUT2D eigenvalue weighted by Crippen LogP contribution is -2.05. The summed E-state index contributed by atoms with van der Waals surface area (Å²) in [7, 11) is 0. The van der Waals surface area contributed by atoms with E-state index in [2.05, 4.69) is 0 Å². The fourth-order valence-electron chi connectivity index (χ4n) is 1.68. The van der Waals surface area contributed by atoms with Gasteiger partial charge in [0.15, 0.2) is 11.5 Å². The summed E-state index contributed by atoms with van der Waals surface area (Å²) in [5.41, 5.74) is 0.768. The van der Waals surface area contributed by atoms with E-state index in [0.717, 1.165) is 0 Å². The van der Waals surface area contributed by atoms with Gasteiger partial charge in [-0.1, -0.05) is 53.5 Å². The zero-order valence-electron chi connectivity index (χ0n) is 10.5. The van der Waals surface area contributed by atoms with Crippen LogP contribution in [0, 0.1) is 0 Å². The molecule has 0 N–H and O–H groups in total. The highest BCUT2D eigenvalue weighted by Gasteiger charge is 2.16. The second-order valence-corrected chi connectivity index (χ2v) is 4.87. The van der Waals surface area contributed by atoms with Crippen molar-refractivity contribution in [3.05, 3.63) is 63.6 Å². The van der Waals surface area contributed by atoms with Crippen molar-refractivity contribution in [1.82, 2.24) is 0 Å². The molecule has 0 amide bonds. The Kier molecular flexibility index (Phi) is 4.42. The van der Waals surface area contributed by atoms with Crippen molar-refractivity contribution in [2.24, 2.45) is 0 Å². The van der Waals surface area contributed by atoms with Crippen LogP contribution in [0.1, 0.15) is 22.8 Å². The van der Waals surface area contributed by atoms with Gasteiger partial charge in [0.25, 0.3) is 0 Å². The molecule has 0 atom stereocenters. The molecule has 0 aliphatic heterocycles. The molecule has 2 aromatic rings. The van der Waals surface area contributed by atoms with Crippen molar-refractivity contribution in [3.63, 3.8) is 0 Å². The smallest absolute Gasteiger partial charge is 0.308 e. The number of ketones is 1. The molecule has 0 fully saturated rings. The van der Waals surface area contributed by atoms with Crippen LogP contribution in [-0.4, -0.2) is 11.8 Å². The summed E-state index contributed by atoms with van der Waals surface area (Å²) in [5, 5.41) is 0.336. The van der Waals surface area contributed by atoms with Crippen LogP contribution in [0.25, 0.3) is 0 Å². The van der Waals surface area contributed by atoms with Crippen LogP contribution in [0.2, 0.25) is 10.0 Å². The zero-order chi connectivity index (χ0) is 14.7. The molecule has 0 saturated heterocycles. The van der Waals surface area contributed by atoms with Crippen LogP contribution in [0.5, 0.6) is 5.75 Å². The first-order chi connectivity index (χ1) is 9.49. The Labute approximate surface area is 126 Å². The lowest BCUT2D eigenvalue weighted by Gasteiger charge is -2.08. The van der Waals surface area contributed by atoms with Crippen molar-refractivity contribution in [1.29, 1.82) is 0 Å². The third kappa shape index (κ3) is 3.18. The van der Waals surface area contributed by atoms with Crippen LogP contribution in [0.3, 0.4) is 0 Å². The zero-order valence-corrected chi connectivity index (χ0v) is 12.0. The van der Waals surface area contributed by atoms with Gasteiger partial charge in [0.1, 0.15) is 0 Å². The number of carbonyl (C=O) groups is 2. The highest BCUT2D eigenvalue weighted by atomic mass is 35.5. The Morgan fingerprint density at radius 3 is 2.25 bits per heavy atom. The van der Waals surface area contributed by atoms with Gasteiger partial charge >= 0.3 is 5.97 Å². The average molecular weight is 309 g/mol. The minimum absolute atomic E-state index is 0.133. The van der Waals surface area contributed by atoms with Gasteiger partial charge in [0.2, 0.25) is 0 Å². The molecule has 0 radical (unpaired) electrons. The fourth-order valence-corrected chi connectivity index (χ4v) is 2.12. The highest BCUT2D eigenvalue weighted by molar-refractivity contribution is 6.37. The maximum atomic E-state index is 12.3. The number of carbonyl (C=O) groups excluding carboxylic acids is 2. The van der Waals surface area contributed by atoms with Gasteiger partial charge in [-0.2, -0.15) is 0 Å². The van der Waals surface area contributed by atoms with Gasteiger partial charge in [-0.25, -0.2) is 0 Å². The number of halogens is 2. The second kappa shape index (κ2) is 6.07. The molecule has 2 rings (SSSR count). The first kappa shape index (κ1) is 14.6. The minimum atomic E-state index is -0.509. The van der Waals surface area contributed by atoms with E-state index in [1.54, 1.807) is 24.3 Å². The Balaban J connectivity index is 2.41. The Hall–Kier alpha value is -1.84. The van der Waals surface area contributed by atoms with Gasteiger partial charge < -0.3 is 4.74 Å². The van der Waals surface area contributed by atoms with E-state index >= 15 is 0 Å². The lowest BCUT2D eigenvalue weighted by molar-refractivity contribution is -0.131. The van der Waals surface area contributed by atoms with E-state index in [1.165, 1.54) is 19.1 Å². The van der Waals surface area contributed by atoms with Crippen molar-refractivity contribution >= 4 is 35.0 Å². The van der Waals surface area contributed by atoms with Crippen molar-refractivity contribution < 1.29 is 14.3 Å². The predicted octanol–water partition coefficient (Wildman–Crippen LogP) is 4.15. The molecule has 0 bridgehead atoms. The van der Waals surface area contributed by atoms with E-state index in [0.29, 0.717) is 5.56 Å². The molecule has 5 heteroatoms. The predicted molar refractivity (Wildman–Crippen MR) is 77.6 cm³/mol. The van der Waals surface area contributed by atoms with Gasteiger partial charge in [-0.3, -0.25) is 9.59 Å². The summed E-state index contributed by atoms with van der Waals surface area (Å²) in [6.45, 7) is 1.26. The third-order valence-corrected chi connectivity index (χ3v) is 3.16. The largest absolute Gasteiger partial charge is 0.425 e. The third-order valence-electron chi connectivity index (χ3n) is 2.56. The van der Waals surface area contributed by atoms with Crippen LogP contribution < -0.4 is 4.74 Å². The summed E-state index contributed by atoms with van der Waals surface area (Å²) in [6.07, 6.45) is 0. The molecule has 0 saturated carbocycles. The lowest BCUT2D eigenvalue weighted by atomic mass is 10.0. The maximum absolute atomic E-state index is 12.3. The van der Waals surface area contributed by atoms with Crippen molar-refractivity contribution in [2.45, 2.75) is 6.92 Å². The summed E-state index contributed by atoms with van der Waals surface area (Å²) in [5.74, 6) is -0.620. The van der Waals surface area contributed by atoms with Crippen LogP contribution in [0.15, 0.2) is 42.5 Å². The average Bonchev–Trinajstić information content (AvgIpc) is 2.42. The molecule has 0 aliphatic carbocycles. The van der Waals surface area contributed by atoms with E-state index in [4.69, 9.17) is 27.9 Å². The molecular weight excluding hydrogens is 299 g/mol. The Morgan fingerprint density at radius 1 is 1.00 bits per heavy atom. The quantitative estimate of drug-likeness (QED) is 0.486. The number of benzene rings is 2. The number of ether oxygens (including phenoxy) is 1. The van der Waals surface area contributed by atoms with Crippen LogP contribution in [0.4, 0.5) is 0 Å². The fraction of sp³-hybridized carbons (Fsp3) is 0.0667. The minimum Gasteiger partial charge on any atom is -0.425 e. The number of esters is 1. The molecule has 0 aromatic heterocycles. The molecule has 2 aromatic carbocycles. The highest BCUT2D eigenvalue weighted by Crippen LogP contribution is 2.32. The normalized spacial score (nSPS) is 10.2. The molecular formula is C15H10Cl2O3. The maximum Gasteiger partial charge on any atom is 0.308 e.